The summed E-state index contributed by atoms with van der Waals surface area (Å²) in [6.07, 6.45) is 3.81. The molecule has 0 radical (unpaired) electrons. The summed E-state index contributed by atoms with van der Waals surface area (Å²) in [6.45, 7) is 1.18. The molecule has 0 atom stereocenters. The first-order chi connectivity index (χ1) is 13.6. The van der Waals surface area contributed by atoms with Gasteiger partial charge in [0, 0.05) is 25.1 Å². The van der Waals surface area contributed by atoms with Crippen LogP contribution in [0.25, 0.3) is 0 Å². The van der Waals surface area contributed by atoms with E-state index in [4.69, 9.17) is 0 Å². The number of nitrogens with one attached hydrogen (secondary N) is 2. The van der Waals surface area contributed by atoms with Crippen LogP contribution in [0.4, 0.5) is 0 Å². The molecule has 0 saturated heterocycles. The summed E-state index contributed by atoms with van der Waals surface area (Å²) in [5.41, 5.74) is 1.84. The summed E-state index contributed by atoms with van der Waals surface area (Å²) < 4.78 is 26.5. The maximum Gasteiger partial charge on any atom is 0.263 e. The lowest BCUT2D eigenvalue weighted by Gasteiger charge is -2.05. The highest BCUT2D eigenvalue weighted by Gasteiger charge is 2.29. The minimum atomic E-state index is -3.48. The topological polar surface area (TPSA) is 87.6 Å². The molecule has 2 aromatic rings. The average Bonchev–Trinajstić information content (AvgIpc) is 2.96. The lowest BCUT2D eigenvalue weighted by atomic mass is 10.1. The Morgan fingerprint density at radius 2 is 1.71 bits per heavy atom. The van der Waals surface area contributed by atoms with Crippen LogP contribution in [-0.2, 0) is 21.2 Å². The summed E-state index contributed by atoms with van der Waals surface area (Å²) in [5, 5.41) is 2.94. The second-order valence-corrected chi connectivity index (χ2v) is 8.38. The molecular weight excluding hydrogens is 374 g/mol. The van der Waals surface area contributed by atoms with Gasteiger partial charge in [0.15, 0.2) is 0 Å². The number of aliphatic imine (C=N–C) groups is 1. The second kappa shape index (κ2) is 9.50. The largest absolute Gasteiger partial charge is 0.356 e. The Morgan fingerprint density at radius 1 is 0.964 bits per heavy atom. The summed E-state index contributed by atoms with van der Waals surface area (Å²) >= 11 is 0. The molecule has 0 aromatic heterocycles. The van der Waals surface area contributed by atoms with E-state index in [1.807, 2.05) is 18.2 Å². The first kappa shape index (κ1) is 20.1. The Kier molecular flexibility index (Phi) is 6.81. The van der Waals surface area contributed by atoms with Gasteiger partial charge in [-0.05, 0) is 37.0 Å². The summed E-state index contributed by atoms with van der Waals surface area (Å²) in [4.78, 5) is 16.5. The van der Waals surface area contributed by atoms with Gasteiger partial charge < -0.3 is 5.32 Å². The molecule has 6 nitrogen and oxygen atoms in total. The number of amidine groups is 1. The predicted molar refractivity (Wildman–Crippen MR) is 110 cm³/mol. The van der Waals surface area contributed by atoms with Gasteiger partial charge in [-0.2, -0.15) is 0 Å². The van der Waals surface area contributed by atoms with Gasteiger partial charge in [0.2, 0.25) is 5.91 Å². The highest BCUT2D eigenvalue weighted by molar-refractivity contribution is 7.90. The molecule has 1 amide bonds. The van der Waals surface area contributed by atoms with Crippen molar-refractivity contribution in [2.24, 2.45) is 4.99 Å². The van der Waals surface area contributed by atoms with Gasteiger partial charge >= 0.3 is 0 Å². The van der Waals surface area contributed by atoms with Crippen LogP contribution in [0, 0.1) is 0 Å². The first-order valence-corrected chi connectivity index (χ1v) is 11.0. The molecule has 0 bridgehead atoms. The van der Waals surface area contributed by atoms with E-state index < -0.39 is 10.0 Å². The molecule has 2 aromatic carbocycles. The van der Waals surface area contributed by atoms with Crippen molar-refractivity contribution >= 4 is 21.8 Å². The Hall–Kier alpha value is -2.67. The van der Waals surface area contributed by atoms with Crippen molar-refractivity contribution in [3.8, 4) is 0 Å². The zero-order chi connectivity index (χ0) is 19.8. The van der Waals surface area contributed by atoms with Crippen LogP contribution < -0.4 is 10.0 Å². The lowest BCUT2D eigenvalue weighted by Crippen LogP contribution is -2.25. The molecule has 0 unspecified atom stereocenters. The first-order valence-electron chi connectivity index (χ1n) is 9.53. The van der Waals surface area contributed by atoms with Gasteiger partial charge in [-0.25, -0.2) is 8.42 Å². The van der Waals surface area contributed by atoms with Crippen molar-refractivity contribution in [2.45, 2.75) is 37.0 Å². The van der Waals surface area contributed by atoms with Crippen LogP contribution in [0.5, 0.6) is 0 Å². The number of carbonyl (C=O) groups excluding carboxylic acids is 1. The zero-order valence-corrected chi connectivity index (χ0v) is 16.5. The fraction of sp³-hybridized carbons (Fsp3) is 0.333. The van der Waals surface area contributed by atoms with Gasteiger partial charge in [-0.1, -0.05) is 48.9 Å². The van der Waals surface area contributed by atoms with Gasteiger partial charge in [0.05, 0.1) is 4.90 Å². The van der Waals surface area contributed by atoms with E-state index in [1.54, 1.807) is 24.3 Å². The molecule has 28 heavy (non-hydrogen) atoms. The maximum atomic E-state index is 12.0. The van der Waals surface area contributed by atoms with E-state index in [1.165, 1.54) is 5.56 Å². The van der Waals surface area contributed by atoms with Crippen molar-refractivity contribution in [2.75, 3.05) is 13.1 Å². The lowest BCUT2D eigenvalue weighted by molar-refractivity contribution is -0.121. The van der Waals surface area contributed by atoms with Crippen LogP contribution in [0.15, 0.2) is 64.5 Å². The summed E-state index contributed by atoms with van der Waals surface area (Å²) in [5.74, 6) is 0.481. The maximum absolute atomic E-state index is 12.0. The standard InChI is InChI=1S/C21H25N3O3S/c25-20(22-16-14-17-9-3-1-4-10-17)13-5-2-8-15-23-21-18-11-6-7-12-19(18)28(26,27)24-21/h1,3-4,6-7,9-12H,2,5,8,13-16H2,(H,22,25)(H,23,24). The van der Waals surface area contributed by atoms with Gasteiger partial charge in [0.1, 0.15) is 5.84 Å². The van der Waals surface area contributed by atoms with Gasteiger partial charge in [0.25, 0.3) is 10.0 Å². The molecule has 0 aliphatic carbocycles. The highest BCUT2D eigenvalue weighted by Crippen LogP contribution is 2.22. The number of nitrogens with zero attached hydrogens (tertiary/aromatic N) is 1. The SMILES string of the molecule is O=C(CCCCCN=C1NS(=O)(=O)c2ccccc21)NCCc1ccccc1. The number of hydrogen-bond acceptors (Lipinski definition) is 4. The molecule has 0 spiro atoms. The second-order valence-electron chi connectivity index (χ2n) is 6.73. The van der Waals surface area contributed by atoms with Crippen LogP contribution in [0.3, 0.4) is 0 Å². The number of unbranched alkanes of at least 4 members (excludes halogenated alkanes) is 2. The smallest absolute Gasteiger partial charge is 0.263 e. The third-order valence-electron chi connectivity index (χ3n) is 4.57. The number of fused-ring (bicyclic) bond motifs is 1. The molecule has 1 aliphatic heterocycles. The third kappa shape index (κ3) is 5.42. The molecule has 0 fully saturated rings. The highest BCUT2D eigenvalue weighted by atomic mass is 32.2. The molecule has 1 aliphatic rings. The predicted octanol–water partition coefficient (Wildman–Crippen LogP) is 2.64. The molecule has 7 heteroatoms. The number of amides is 1. The van der Waals surface area contributed by atoms with Gasteiger partial charge in [-0.15, -0.1) is 0 Å². The normalized spacial score (nSPS) is 15.8. The minimum Gasteiger partial charge on any atom is -0.356 e. The summed E-state index contributed by atoms with van der Waals surface area (Å²) in [7, 11) is -3.48. The fourth-order valence-corrected chi connectivity index (χ4v) is 4.35. The number of hydrogen-bond donors (Lipinski definition) is 2. The van der Waals surface area contributed by atoms with E-state index in [0.29, 0.717) is 30.9 Å². The molecule has 1 heterocycles. The van der Waals surface area contributed by atoms with E-state index in [2.05, 4.69) is 27.2 Å². The number of carbonyl (C=O) groups is 1. The number of benzene rings is 2. The molecule has 3 rings (SSSR count). The minimum absolute atomic E-state index is 0.0692. The molecule has 2 N–H and O–H groups in total. The molecule has 0 saturated carbocycles. The number of rotatable bonds is 9. The number of sulfonamides is 1. The van der Waals surface area contributed by atoms with Crippen molar-refractivity contribution in [1.29, 1.82) is 0 Å². The monoisotopic (exact) mass is 399 g/mol. The average molecular weight is 400 g/mol. The van der Waals surface area contributed by atoms with E-state index in [0.717, 1.165) is 25.7 Å². The van der Waals surface area contributed by atoms with E-state index in [-0.39, 0.29) is 10.8 Å². The van der Waals surface area contributed by atoms with Crippen LogP contribution >= 0.6 is 0 Å². The zero-order valence-electron chi connectivity index (χ0n) is 15.7. The van der Waals surface area contributed by atoms with Crippen molar-refractivity contribution in [3.63, 3.8) is 0 Å². The summed E-state index contributed by atoms with van der Waals surface area (Å²) in [6, 6.07) is 16.9. The van der Waals surface area contributed by atoms with Crippen LogP contribution in [-0.4, -0.2) is 33.3 Å². The van der Waals surface area contributed by atoms with Crippen molar-refractivity contribution in [1.82, 2.24) is 10.0 Å². The van der Waals surface area contributed by atoms with Crippen molar-refractivity contribution in [3.05, 3.63) is 65.7 Å². The van der Waals surface area contributed by atoms with E-state index in [9.17, 15) is 13.2 Å². The Bertz CT molecular complexity index is 940. The Balaban J connectivity index is 1.32. The third-order valence-corrected chi connectivity index (χ3v) is 5.97. The molecule has 148 valence electrons. The molecular formula is C21H25N3O3S. The van der Waals surface area contributed by atoms with Crippen molar-refractivity contribution < 1.29 is 13.2 Å². The Morgan fingerprint density at radius 3 is 2.54 bits per heavy atom. The van der Waals surface area contributed by atoms with Crippen LogP contribution in [0.2, 0.25) is 0 Å². The van der Waals surface area contributed by atoms with E-state index >= 15 is 0 Å². The van der Waals surface area contributed by atoms with Crippen LogP contribution in [0.1, 0.15) is 36.8 Å². The van der Waals surface area contributed by atoms with Gasteiger partial charge in [-0.3, -0.25) is 14.5 Å². The Labute approximate surface area is 166 Å². The fourth-order valence-electron chi connectivity index (χ4n) is 3.10. The quantitative estimate of drug-likeness (QED) is 0.636.